The Morgan fingerprint density at radius 2 is 1.56 bits per heavy atom. The summed E-state index contributed by atoms with van der Waals surface area (Å²) in [4.78, 5) is 12.2. The van der Waals surface area contributed by atoms with Crippen LogP contribution in [0.4, 0.5) is 0 Å². The average Bonchev–Trinajstić information content (AvgIpc) is 3.15. The van der Waals surface area contributed by atoms with Gasteiger partial charge in [-0.1, -0.05) is 72.8 Å². The molecule has 0 saturated heterocycles. The van der Waals surface area contributed by atoms with Crippen molar-refractivity contribution < 1.29 is 9.53 Å². The summed E-state index contributed by atoms with van der Waals surface area (Å²) >= 11 is 0. The van der Waals surface area contributed by atoms with Crippen molar-refractivity contribution in [2.45, 2.75) is 12.8 Å². The second-order valence-corrected chi connectivity index (χ2v) is 6.40. The van der Waals surface area contributed by atoms with Gasteiger partial charge in [0.25, 0.3) is 5.91 Å². The van der Waals surface area contributed by atoms with Gasteiger partial charge in [0.05, 0.1) is 5.71 Å². The maximum atomic E-state index is 12.2. The first-order valence-electron chi connectivity index (χ1n) is 9.02. The number of para-hydroxylation sites is 1. The Hall–Kier alpha value is -3.40. The van der Waals surface area contributed by atoms with E-state index in [-0.39, 0.29) is 12.5 Å². The van der Waals surface area contributed by atoms with E-state index in [4.69, 9.17) is 4.74 Å². The lowest BCUT2D eigenvalue weighted by atomic mass is 10.1. The van der Waals surface area contributed by atoms with E-state index in [0.717, 1.165) is 35.2 Å². The Balaban J connectivity index is 1.40. The van der Waals surface area contributed by atoms with E-state index in [0.29, 0.717) is 5.75 Å². The SMILES string of the molecule is O=C(COc1ccccc1-c1ccccc1)NN=C1CCc2ccccc21. The predicted octanol–water partition coefficient (Wildman–Crippen LogP) is 4.20. The molecule has 0 aliphatic heterocycles. The first-order valence-corrected chi connectivity index (χ1v) is 9.02. The maximum absolute atomic E-state index is 12.2. The lowest BCUT2D eigenvalue weighted by molar-refractivity contribution is -0.123. The molecule has 0 radical (unpaired) electrons. The Kier molecular flexibility index (Phi) is 4.97. The Morgan fingerprint density at radius 3 is 2.41 bits per heavy atom. The number of hydrogen-bond donors (Lipinski definition) is 1. The van der Waals surface area contributed by atoms with E-state index in [9.17, 15) is 4.79 Å². The van der Waals surface area contributed by atoms with Crippen LogP contribution in [0.5, 0.6) is 5.75 Å². The van der Waals surface area contributed by atoms with Crippen molar-refractivity contribution in [3.63, 3.8) is 0 Å². The topological polar surface area (TPSA) is 50.7 Å². The maximum Gasteiger partial charge on any atom is 0.277 e. The first-order chi connectivity index (χ1) is 13.3. The first kappa shape index (κ1) is 17.0. The zero-order chi connectivity index (χ0) is 18.5. The van der Waals surface area contributed by atoms with Crippen LogP contribution in [0.1, 0.15) is 17.5 Å². The Bertz CT molecular complexity index is 980. The summed E-state index contributed by atoms with van der Waals surface area (Å²) < 4.78 is 5.76. The van der Waals surface area contributed by atoms with Crippen molar-refractivity contribution >= 4 is 11.6 Å². The summed E-state index contributed by atoms with van der Waals surface area (Å²) in [5.74, 6) is 0.410. The van der Waals surface area contributed by atoms with Crippen LogP contribution in [0, 0.1) is 0 Å². The fourth-order valence-electron chi connectivity index (χ4n) is 3.28. The molecular weight excluding hydrogens is 336 g/mol. The quantitative estimate of drug-likeness (QED) is 0.697. The monoisotopic (exact) mass is 356 g/mol. The van der Waals surface area contributed by atoms with E-state index in [1.165, 1.54) is 5.56 Å². The second-order valence-electron chi connectivity index (χ2n) is 6.40. The van der Waals surface area contributed by atoms with Crippen LogP contribution < -0.4 is 10.2 Å². The highest BCUT2D eigenvalue weighted by Crippen LogP contribution is 2.29. The van der Waals surface area contributed by atoms with Crippen molar-refractivity contribution in [3.05, 3.63) is 90.0 Å². The van der Waals surface area contributed by atoms with Crippen LogP contribution in [-0.4, -0.2) is 18.2 Å². The fraction of sp³-hybridized carbons (Fsp3) is 0.130. The number of nitrogens with zero attached hydrogens (tertiary/aromatic N) is 1. The second kappa shape index (κ2) is 7.87. The molecule has 4 rings (SSSR count). The number of ether oxygens (including phenoxy) is 1. The highest BCUT2D eigenvalue weighted by molar-refractivity contribution is 6.04. The summed E-state index contributed by atoms with van der Waals surface area (Å²) in [6.07, 6.45) is 1.81. The van der Waals surface area contributed by atoms with Crippen molar-refractivity contribution in [1.82, 2.24) is 5.43 Å². The van der Waals surface area contributed by atoms with Crippen LogP contribution in [-0.2, 0) is 11.2 Å². The van der Waals surface area contributed by atoms with Gasteiger partial charge in [-0.2, -0.15) is 5.10 Å². The van der Waals surface area contributed by atoms with Gasteiger partial charge in [0, 0.05) is 11.1 Å². The lowest BCUT2D eigenvalue weighted by Gasteiger charge is -2.11. The van der Waals surface area contributed by atoms with Crippen molar-refractivity contribution in [2.24, 2.45) is 5.10 Å². The number of amides is 1. The fourth-order valence-corrected chi connectivity index (χ4v) is 3.28. The number of hydrazone groups is 1. The lowest BCUT2D eigenvalue weighted by Crippen LogP contribution is -2.25. The molecule has 1 N–H and O–H groups in total. The van der Waals surface area contributed by atoms with Gasteiger partial charge in [0.1, 0.15) is 5.75 Å². The highest BCUT2D eigenvalue weighted by atomic mass is 16.5. The summed E-state index contributed by atoms with van der Waals surface area (Å²) in [7, 11) is 0. The van der Waals surface area contributed by atoms with E-state index >= 15 is 0 Å². The Labute approximate surface area is 158 Å². The number of rotatable bonds is 5. The molecule has 0 spiro atoms. The molecule has 3 aromatic carbocycles. The molecule has 0 heterocycles. The smallest absolute Gasteiger partial charge is 0.277 e. The van der Waals surface area contributed by atoms with Crippen LogP contribution in [0.15, 0.2) is 84.0 Å². The van der Waals surface area contributed by atoms with Gasteiger partial charge in [0.15, 0.2) is 6.61 Å². The summed E-state index contributed by atoms with van der Waals surface area (Å²) in [6.45, 7) is -0.0811. The highest BCUT2D eigenvalue weighted by Gasteiger charge is 2.17. The molecular formula is C23H20N2O2. The van der Waals surface area contributed by atoms with E-state index in [1.54, 1.807) is 0 Å². The van der Waals surface area contributed by atoms with Gasteiger partial charge in [0.2, 0.25) is 0 Å². The molecule has 27 heavy (non-hydrogen) atoms. The zero-order valence-electron chi connectivity index (χ0n) is 14.9. The minimum atomic E-state index is -0.269. The van der Waals surface area contributed by atoms with Crippen LogP contribution in [0.2, 0.25) is 0 Å². The largest absolute Gasteiger partial charge is 0.483 e. The predicted molar refractivity (Wildman–Crippen MR) is 107 cm³/mol. The van der Waals surface area contributed by atoms with Crippen LogP contribution in [0.25, 0.3) is 11.1 Å². The standard InChI is InChI=1S/C23H20N2O2/c26-23(25-24-21-15-14-18-10-4-5-11-19(18)21)16-27-22-13-7-6-12-20(22)17-8-2-1-3-9-17/h1-13H,14-16H2,(H,25,26). The number of aryl methyl sites for hydroxylation is 1. The number of carbonyl (C=O) groups is 1. The van der Waals surface area contributed by atoms with Gasteiger partial charge < -0.3 is 4.74 Å². The minimum absolute atomic E-state index is 0.0811. The van der Waals surface area contributed by atoms with Gasteiger partial charge in [-0.15, -0.1) is 0 Å². The molecule has 4 heteroatoms. The molecule has 0 fully saturated rings. The van der Waals surface area contributed by atoms with Gasteiger partial charge in [-0.3, -0.25) is 4.79 Å². The van der Waals surface area contributed by atoms with Crippen LogP contribution >= 0.6 is 0 Å². The summed E-state index contributed by atoms with van der Waals surface area (Å²) in [6, 6.07) is 25.8. The van der Waals surface area contributed by atoms with Gasteiger partial charge in [-0.05, 0) is 30.0 Å². The third-order valence-electron chi connectivity index (χ3n) is 4.61. The van der Waals surface area contributed by atoms with Gasteiger partial charge in [-0.25, -0.2) is 5.43 Å². The molecule has 0 atom stereocenters. The molecule has 1 amide bonds. The minimum Gasteiger partial charge on any atom is -0.483 e. The average molecular weight is 356 g/mol. The third-order valence-corrected chi connectivity index (χ3v) is 4.61. The van der Waals surface area contributed by atoms with E-state index in [2.05, 4.69) is 16.6 Å². The number of carbonyl (C=O) groups excluding carboxylic acids is 1. The van der Waals surface area contributed by atoms with E-state index < -0.39 is 0 Å². The van der Waals surface area contributed by atoms with Crippen LogP contribution in [0.3, 0.4) is 0 Å². The molecule has 0 aromatic heterocycles. The number of fused-ring (bicyclic) bond motifs is 1. The number of hydrogen-bond acceptors (Lipinski definition) is 3. The van der Waals surface area contributed by atoms with Crippen molar-refractivity contribution in [1.29, 1.82) is 0 Å². The molecule has 1 aliphatic carbocycles. The molecule has 0 saturated carbocycles. The van der Waals surface area contributed by atoms with Gasteiger partial charge >= 0.3 is 0 Å². The molecule has 0 bridgehead atoms. The molecule has 3 aromatic rings. The molecule has 4 nitrogen and oxygen atoms in total. The molecule has 134 valence electrons. The normalized spacial score (nSPS) is 14.0. The molecule has 0 unspecified atom stereocenters. The number of benzene rings is 3. The zero-order valence-corrected chi connectivity index (χ0v) is 14.9. The third kappa shape index (κ3) is 3.90. The Morgan fingerprint density at radius 1 is 0.852 bits per heavy atom. The van der Waals surface area contributed by atoms with Crippen molar-refractivity contribution in [3.8, 4) is 16.9 Å². The number of nitrogens with one attached hydrogen (secondary N) is 1. The van der Waals surface area contributed by atoms with E-state index in [1.807, 2.05) is 72.8 Å². The summed E-state index contributed by atoms with van der Waals surface area (Å²) in [5, 5.41) is 4.29. The summed E-state index contributed by atoms with van der Waals surface area (Å²) in [5.41, 5.74) is 7.95. The molecule has 1 aliphatic rings. The van der Waals surface area contributed by atoms with Crippen molar-refractivity contribution in [2.75, 3.05) is 6.61 Å².